The third-order valence-corrected chi connectivity index (χ3v) is 4.49. The van der Waals surface area contributed by atoms with Crippen molar-refractivity contribution in [3.63, 3.8) is 0 Å². The summed E-state index contributed by atoms with van der Waals surface area (Å²) in [5.74, 6) is 0.316. The van der Waals surface area contributed by atoms with Crippen LogP contribution in [0.25, 0.3) is 0 Å². The van der Waals surface area contributed by atoms with E-state index in [1.54, 1.807) is 6.07 Å². The Balaban J connectivity index is 1.55. The van der Waals surface area contributed by atoms with Gasteiger partial charge in [0, 0.05) is 18.8 Å². The Bertz CT molecular complexity index is 665. The Morgan fingerprint density at radius 2 is 2.17 bits per heavy atom. The average molecular weight is 315 g/mol. The van der Waals surface area contributed by atoms with Crippen LogP contribution in [-0.4, -0.2) is 34.1 Å². The molecule has 23 heavy (non-hydrogen) atoms. The van der Waals surface area contributed by atoms with Gasteiger partial charge in [0.1, 0.15) is 11.5 Å². The van der Waals surface area contributed by atoms with Crippen LogP contribution in [0.4, 0.5) is 4.39 Å². The number of aromatic amines is 1. The Morgan fingerprint density at radius 3 is 2.87 bits per heavy atom. The molecule has 1 N–H and O–H groups in total. The van der Waals surface area contributed by atoms with Gasteiger partial charge in [-0.15, -0.1) is 0 Å². The lowest BCUT2D eigenvalue weighted by Gasteiger charge is -2.32. The minimum atomic E-state index is -0.197. The second-order valence-electron chi connectivity index (χ2n) is 6.36. The van der Waals surface area contributed by atoms with Crippen molar-refractivity contribution in [3.05, 3.63) is 53.1 Å². The molecule has 122 valence electrons. The zero-order valence-corrected chi connectivity index (χ0v) is 13.4. The molecule has 1 aromatic heterocycles. The minimum Gasteiger partial charge on any atom is -0.337 e. The molecular formula is C18H22FN3O. The average Bonchev–Trinajstić information content (AvgIpc) is 3.00. The molecule has 1 aromatic carbocycles. The van der Waals surface area contributed by atoms with Crippen LogP contribution in [0, 0.1) is 18.7 Å². The summed E-state index contributed by atoms with van der Waals surface area (Å²) in [6.45, 7) is 3.48. The normalized spacial score (nSPS) is 18.2. The number of piperidine rings is 1. The van der Waals surface area contributed by atoms with Crippen LogP contribution >= 0.6 is 0 Å². The molecule has 2 aromatic rings. The molecule has 1 aliphatic heterocycles. The highest BCUT2D eigenvalue weighted by atomic mass is 19.1. The Hall–Kier alpha value is -2.17. The first-order chi connectivity index (χ1) is 11.1. The van der Waals surface area contributed by atoms with Crippen LogP contribution in [0.5, 0.6) is 0 Å². The highest BCUT2D eigenvalue weighted by Crippen LogP contribution is 2.23. The van der Waals surface area contributed by atoms with Crippen molar-refractivity contribution in [2.75, 3.05) is 13.1 Å². The smallest absolute Gasteiger partial charge is 0.274 e. The first-order valence-electron chi connectivity index (χ1n) is 8.17. The Morgan fingerprint density at radius 1 is 1.39 bits per heavy atom. The van der Waals surface area contributed by atoms with Crippen LogP contribution in [0.2, 0.25) is 0 Å². The molecule has 1 fully saturated rings. The molecule has 1 amide bonds. The van der Waals surface area contributed by atoms with Crippen LogP contribution in [0.1, 0.15) is 41.0 Å². The molecule has 3 rings (SSSR count). The number of H-pyrrole nitrogens is 1. The number of hydrogen-bond donors (Lipinski definition) is 1. The minimum absolute atomic E-state index is 0.0147. The fourth-order valence-electron chi connectivity index (χ4n) is 3.20. The molecule has 1 saturated heterocycles. The van der Waals surface area contributed by atoms with Gasteiger partial charge in [0.2, 0.25) is 0 Å². The van der Waals surface area contributed by atoms with Gasteiger partial charge in [0.05, 0.1) is 0 Å². The predicted molar refractivity (Wildman–Crippen MR) is 86.7 cm³/mol. The van der Waals surface area contributed by atoms with Crippen LogP contribution < -0.4 is 0 Å². The number of rotatable bonds is 4. The molecule has 0 spiro atoms. The number of aromatic nitrogens is 2. The Kier molecular flexibility index (Phi) is 4.74. The number of benzene rings is 1. The maximum Gasteiger partial charge on any atom is 0.274 e. The summed E-state index contributed by atoms with van der Waals surface area (Å²) < 4.78 is 12.9. The number of aryl methyl sites for hydroxylation is 2. The molecule has 0 radical (unpaired) electrons. The molecule has 0 bridgehead atoms. The van der Waals surface area contributed by atoms with Gasteiger partial charge in [-0.2, -0.15) is 5.10 Å². The monoisotopic (exact) mass is 315 g/mol. The number of nitrogens with one attached hydrogen (secondary N) is 1. The van der Waals surface area contributed by atoms with Gasteiger partial charge >= 0.3 is 0 Å². The molecule has 4 nitrogen and oxygen atoms in total. The number of carbonyl (C=O) groups is 1. The van der Waals surface area contributed by atoms with E-state index >= 15 is 0 Å². The SMILES string of the molecule is Cc1cc(C(=O)N2CCC[C@@H](CCc3ccc(F)cc3)C2)n[nH]1. The zero-order chi connectivity index (χ0) is 16.2. The fraction of sp³-hybridized carbons (Fsp3) is 0.444. The van der Waals surface area contributed by atoms with Gasteiger partial charge in [-0.25, -0.2) is 4.39 Å². The number of nitrogens with zero attached hydrogens (tertiary/aromatic N) is 2. The summed E-state index contributed by atoms with van der Waals surface area (Å²) in [5.41, 5.74) is 2.55. The number of amides is 1. The molecule has 0 aliphatic carbocycles. The third-order valence-electron chi connectivity index (χ3n) is 4.49. The van der Waals surface area contributed by atoms with Gasteiger partial charge in [-0.1, -0.05) is 12.1 Å². The molecular weight excluding hydrogens is 293 g/mol. The molecule has 5 heteroatoms. The highest BCUT2D eigenvalue weighted by Gasteiger charge is 2.25. The Labute approximate surface area is 135 Å². The second-order valence-corrected chi connectivity index (χ2v) is 6.36. The second kappa shape index (κ2) is 6.94. The zero-order valence-electron chi connectivity index (χ0n) is 13.4. The lowest BCUT2D eigenvalue weighted by Crippen LogP contribution is -2.40. The van der Waals surface area contributed by atoms with Crippen molar-refractivity contribution >= 4 is 5.91 Å². The van der Waals surface area contributed by atoms with Crippen LogP contribution in [0.15, 0.2) is 30.3 Å². The van der Waals surface area contributed by atoms with Crippen LogP contribution in [-0.2, 0) is 6.42 Å². The van der Waals surface area contributed by atoms with E-state index in [0.29, 0.717) is 11.6 Å². The van der Waals surface area contributed by atoms with Crippen molar-refractivity contribution in [1.82, 2.24) is 15.1 Å². The predicted octanol–water partition coefficient (Wildman–Crippen LogP) is 3.34. The lowest BCUT2D eigenvalue weighted by molar-refractivity contribution is 0.0662. The quantitative estimate of drug-likeness (QED) is 0.940. The van der Waals surface area contributed by atoms with E-state index in [9.17, 15) is 9.18 Å². The van der Waals surface area contributed by atoms with E-state index in [2.05, 4.69) is 10.2 Å². The fourth-order valence-corrected chi connectivity index (χ4v) is 3.20. The molecule has 0 unspecified atom stereocenters. The van der Waals surface area contributed by atoms with E-state index in [4.69, 9.17) is 0 Å². The van der Waals surface area contributed by atoms with E-state index in [1.807, 2.05) is 24.0 Å². The molecule has 1 atom stereocenters. The summed E-state index contributed by atoms with van der Waals surface area (Å²) in [4.78, 5) is 14.4. The summed E-state index contributed by atoms with van der Waals surface area (Å²) in [7, 11) is 0. The molecule has 2 heterocycles. The van der Waals surface area contributed by atoms with E-state index in [1.165, 1.54) is 12.1 Å². The van der Waals surface area contributed by atoms with Crippen molar-refractivity contribution in [2.45, 2.75) is 32.6 Å². The number of hydrogen-bond acceptors (Lipinski definition) is 2. The van der Waals surface area contributed by atoms with Gasteiger partial charge in [0.15, 0.2) is 0 Å². The number of halogens is 1. The standard InChI is InChI=1S/C18H22FN3O/c1-13-11-17(21-20-13)18(23)22-10-2-3-15(12-22)5-4-14-6-8-16(19)9-7-14/h6-9,11,15H,2-5,10,12H2,1H3,(H,20,21)/t15-/m0/s1. The molecule has 0 saturated carbocycles. The van der Waals surface area contributed by atoms with Crippen molar-refractivity contribution < 1.29 is 9.18 Å². The van der Waals surface area contributed by atoms with Gasteiger partial charge in [0.25, 0.3) is 5.91 Å². The number of carbonyl (C=O) groups excluding carboxylic acids is 1. The first kappa shape index (κ1) is 15.7. The lowest BCUT2D eigenvalue weighted by atomic mass is 9.91. The van der Waals surface area contributed by atoms with E-state index in [-0.39, 0.29) is 11.7 Å². The highest BCUT2D eigenvalue weighted by molar-refractivity contribution is 5.92. The van der Waals surface area contributed by atoms with Crippen molar-refractivity contribution in [3.8, 4) is 0 Å². The largest absolute Gasteiger partial charge is 0.337 e. The van der Waals surface area contributed by atoms with Crippen molar-refractivity contribution in [1.29, 1.82) is 0 Å². The summed E-state index contributed by atoms with van der Waals surface area (Å²) in [6.07, 6.45) is 4.12. The topological polar surface area (TPSA) is 49.0 Å². The maximum absolute atomic E-state index is 12.9. The summed E-state index contributed by atoms with van der Waals surface area (Å²) in [6, 6.07) is 8.49. The summed E-state index contributed by atoms with van der Waals surface area (Å²) in [5, 5.41) is 6.89. The summed E-state index contributed by atoms with van der Waals surface area (Å²) >= 11 is 0. The van der Waals surface area contributed by atoms with E-state index in [0.717, 1.165) is 50.0 Å². The van der Waals surface area contributed by atoms with E-state index < -0.39 is 0 Å². The van der Waals surface area contributed by atoms with Crippen molar-refractivity contribution in [2.24, 2.45) is 5.92 Å². The molecule has 1 aliphatic rings. The number of likely N-dealkylation sites (tertiary alicyclic amines) is 1. The first-order valence-corrected chi connectivity index (χ1v) is 8.17. The van der Waals surface area contributed by atoms with Gasteiger partial charge in [-0.3, -0.25) is 9.89 Å². The van der Waals surface area contributed by atoms with Crippen LogP contribution in [0.3, 0.4) is 0 Å². The maximum atomic E-state index is 12.9. The third kappa shape index (κ3) is 3.97. The van der Waals surface area contributed by atoms with Gasteiger partial charge < -0.3 is 4.90 Å². The van der Waals surface area contributed by atoms with Gasteiger partial charge in [-0.05, 0) is 62.3 Å².